The average Bonchev–Trinajstić information content (AvgIpc) is 3.38. The maximum Gasteiger partial charge on any atom is 0.415 e. The highest BCUT2D eigenvalue weighted by Gasteiger charge is 2.26. The standard InChI is InChI=1S/C25H29FN6O4/c1-8-35-23(33)17-12-28-32-20(30(7)24(34)36-25(4,5)6)10-19(29-22(17)32)18-13-31(14(2)3)21-16(18)9-15(26)11-27-21/h9-14H,8H2,1-7H3. The van der Waals surface area contributed by atoms with Crippen molar-refractivity contribution in [3.63, 3.8) is 0 Å². The van der Waals surface area contributed by atoms with E-state index in [0.717, 1.165) is 0 Å². The van der Waals surface area contributed by atoms with Crippen molar-refractivity contribution >= 4 is 34.6 Å². The summed E-state index contributed by atoms with van der Waals surface area (Å²) in [6, 6.07) is 3.07. The van der Waals surface area contributed by atoms with Gasteiger partial charge in [0.2, 0.25) is 0 Å². The molecule has 0 saturated carbocycles. The number of halogens is 1. The van der Waals surface area contributed by atoms with Crippen LogP contribution in [-0.4, -0.2) is 55.5 Å². The predicted molar refractivity (Wildman–Crippen MR) is 133 cm³/mol. The lowest BCUT2D eigenvalue weighted by Gasteiger charge is -2.25. The van der Waals surface area contributed by atoms with Crippen molar-refractivity contribution in [1.29, 1.82) is 0 Å². The molecule has 0 aromatic carbocycles. The van der Waals surface area contributed by atoms with E-state index < -0.39 is 23.5 Å². The van der Waals surface area contributed by atoms with Gasteiger partial charge in [-0.2, -0.15) is 9.61 Å². The molecular weight excluding hydrogens is 467 g/mol. The second kappa shape index (κ2) is 9.21. The first-order valence-electron chi connectivity index (χ1n) is 11.6. The predicted octanol–water partition coefficient (Wildman–Crippen LogP) is 5.01. The van der Waals surface area contributed by atoms with E-state index >= 15 is 0 Å². The Balaban J connectivity index is 1.99. The summed E-state index contributed by atoms with van der Waals surface area (Å²) in [6.07, 6.45) is 3.72. The van der Waals surface area contributed by atoms with Gasteiger partial charge in [0.05, 0.1) is 24.7 Å². The van der Waals surface area contributed by atoms with Gasteiger partial charge in [-0.3, -0.25) is 4.90 Å². The Kier molecular flexibility index (Phi) is 6.42. The number of ether oxygens (including phenoxy) is 2. The van der Waals surface area contributed by atoms with E-state index in [1.165, 1.54) is 34.9 Å². The average molecular weight is 497 g/mol. The molecule has 4 aromatic heterocycles. The summed E-state index contributed by atoms with van der Waals surface area (Å²) in [6.45, 7) is 11.1. The number of esters is 1. The second-order valence-electron chi connectivity index (χ2n) is 9.62. The highest BCUT2D eigenvalue weighted by Crippen LogP contribution is 2.34. The summed E-state index contributed by atoms with van der Waals surface area (Å²) in [5, 5.41) is 4.84. The first-order valence-corrected chi connectivity index (χ1v) is 11.6. The molecule has 190 valence electrons. The van der Waals surface area contributed by atoms with Crippen LogP contribution in [-0.2, 0) is 9.47 Å². The molecule has 0 spiro atoms. The van der Waals surface area contributed by atoms with Crippen LogP contribution >= 0.6 is 0 Å². The Bertz CT molecular complexity index is 1470. The number of hydrogen-bond donors (Lipinski definition) is 0. The number of fused-ring (bicyclic) bond motifs is 2. The Morgan fingerprint density at radius 1 is 1.17 bits per heavy atom. The number of rotatable bonds is 5. The molecule has 0 unspecified atom stereocenters. The number of anilines is 1. The summed E-state index contributed by atoms with van der Waals surface area (Å²) in [7, 11) is 1.54. The number of pyridine rings is 1. The molecule has 4 rings (SSSR count). The van der Waals surface area contributed by atoms with Crippen LogP contribution in [0.2, 0.25) is 0 Å². The first-order chi connectivity index (χ1) is 16.9. The van der Waals surface area contributed by atoms with Gasteiger partial charge in [-0.25, -0.2) is 23.9 Å². The van der Waals surface area contributed by atoms with Crippen molar-refractivity contribution in [2.24, 2.45) is 0 Å². The molecule has 36 heavy (non-hydrogen) atoms. The minimum absolute atomic E-state index is 0.0388. The fraction of sp³-hybridized carbons (Fsp3) is 0.400. The van der Waals surface area contributed by atoms with Gasteiger partial charge in [-0.05, 0) is 47.6 Å². The molecule has 0 aliphatic carbocycles. The molecule has 0 fully saturated rings. The molecule has 0 bridgehead atoms. The summed E-state index contributed by atoms with van der Waals surface area (Å²) in [5.74, 6) is -0.788. The van der Waals surface area contributed by atoms with Crippen LogP contribution in [0.25, 0.3) is 27.9 Å². The fourth-order valence-electron chi connectivity index (χ4n) is 3.80. The molecule has 10 nitrogen and oxygen atoms in total. The number of hydrogen-bond acceptors (Lipinski definition) is 7. The zero-order valence-corrected chi connectivity index (χ0v) is 21.4. The van der Waals surface area contributed by atoms with Crippen molar-refractivity contribution in [2.45, 2.75) is 53.2 Å². The molecule has 0 atom stereocenters. The topological polar surface area (TPSA) is 104 Å². The van der Waals surface area contributed by atoms with E-state index in [2.05, 4.69) is 10.1 Å². The number of aromatic nitrogens is 5. The van der Waals surface area contributed by atoms with Crippen LogP contribution in [0.1, 0.15) is 57.9 Å². The van der Waals surface area contributed by atoms with Gasteiger partial charge in [0.25, 0.3) is 0 Å². The van der Waals surface area contributed by atoms with E-state index in [-0.39, 0.29) is 23.9 Å². The molecule has 4 heterocycles. The minimum atomic E-state index is -0.728. The Hall–Kier alpha value is -4.02. The number of amides is 1. The largest absolute Gasteiger partial charge is 0.462 e. The monoisotopic (exact) mass is 496 g/mol. The smallest absolute Gasteiger partial charge is 0.415 e. The third-order valence-electron chi connectivity index (χ3n) is 5.43. The van der Waals surface area contributed by atoms with E-state index in [0.29, 0.717) is 28.1 Å². The minimum Gasteiger partial charge on any atom is -0.462 e. The molecule has 1 amide bonds. The first kappa shape index (κ1) is 25.1. The van der Waals surface area contributed by atoms with Crippen molar-refractivity contribution in [3.05, 3.63) is 42.1 Å². The van der Waals surface area contributed by atoms with Crippen LogP contribution < -0.4 is 4.90 Å². The van der Waals surface area contributed by atoms with Crippen LogP contribution in [0, 0.1) is 5.82 Å². The molecule has 0 N–H and O–H groups in total. The zero-order chi connectivity index (χ0) is 26.4. The van der Waals surface area contributed by atoms with Gasteiger partial charge in [0, 0.05) is 36.3 Å². The van der Waals surface area contributed by atoms with Gasteiger partial charge in [0.15, 0.2) is 5.65 Å². The lowest BCUT2D eigenvalue weighted by Crippen LogP contribution is -2.35. The van der Waals surface area contributed by atoms with Crippen LogP contribution in [0.3, 0.4) is 0 Å². The molecule has 0 aliphatic heterocycles. The number of nitrogens with zero attached hydrogens (tertiary/aromatic N) is 6. The van der Waals surface area contributed by atoms with E-state index in [1.807, 2.05) is 24.6 Å². The molecule has 0 saturated heterocycles. The van der Waals surface area contributed by atoms with Crippen molar-refractivity contribution in [1.82, 2.24) is 24.1 Å². The summed E-state index contributed by atoms with van der Waals surface area (Å²) in [5.41, 5.74) is 1.16. The van der Waals surface area contributed by atoms with Crippen LogP contribution in [0.15, 0.2) is 30.7 Å². The van der Waals surface area contributed by atoms with Crippen molar-refractivity contribution in [3.8, 4) is 11.3 Å². The third-order valence-corrected chi connectivity index (χ3v) is 5.43. The van der Waals surface area contributed by atoms with Crippen molar-refractivity contribution in [2.75, 3.05) is 18.6 Å². The van der Waals surface area contributed by atoms with Gasteiger partial charge in [-0.15, -0.1) is 0 Å². The van der Waals surface area contributed by atoms with Gasteiger partial charge in [-0.1, -0.05) is 0 Å². The number of carbonyl (C=O) groups is 2. The zero-order valence-electron chi connectivity index (χ0n) is 21.4. The third kappa shape index (κ3) is 4.60. The summed E-state index contributed by atoms with van der Waals surface area (Å²) in [4.78, 5) is 35.8. The van der Waals surface area contributed by atoms with Crippen molar-refractivity contribution < 1.29 is 23.5 Å². The normalized spacial score (nSPS) is 11.9. The second-order valence-corrected chi connectivity index (χ2v) is 9.62. The molecule has 11 heteroatoms. The summed E-state index contributed by atoms with van der Waals surface area (Å²) >= 11 is 0. The van der Waals surface area contributed by atoms with Crippen LogP contribution in [0.4, 0.5) is 15.0 Å². The van der Waals surface area contributed by atoms with E-state index in [1.54, 1.807) is 33.8 Å². The van der Waals surface area contributed by atoms with Gasteiger partial charge < -0.3 is 14.0 Å². The van der Waals surface area contributed by atoms with E-state index in [9.17, 15) is 14.0 Å². The van der Waals surface area contributed by atoms with E-state index in [4.69, 9.17) is 14.5 Å². The maximum absolute atomic E-state index is 14.2. The SMILES string of the molecule is CCOC(=O)c1cnn2c(N(C)C(=O)OC(C)(C)C)cc(-c3cn(C(C)C)c4ncc(F)cc34)nc12. The Morgan fingerprint density at radius 3 is 2.53 bits per heavy atom. The summed E-state index contributed by atoms with van der Waals surface area (Å²) < 4.78 is 28.2. The van der Waals surface area contributed by atoms with Gasteiger partial charge in [0.1, 0.15) is 28.4 Å². The lowest BCUT2D eigenvalue weighted by atomic mass is 10.1. The van der Waals surface area contributed by atoms with Gasteiger partial charge >= 0.3 is 12.1 Å². The molecule has 0 aliphatic rings. The number of carbonyl (C=O) groups excluding carboxylic acids is 2. The molecular formula is C25H29FN6O4. The highest BCUT2D eigenvalue weighted by molar-refractivity contribution is 5.99. The van der Waals surface area contributed by atoms with Crippen LogP contribution in [0.5, 0.6) is 0 Å². The lowest BCUT2D eigenvalue weighted by molar-refractivity contribution is 0.0527. The Morgan fingerprint density at radius 2 is 1.89 bits per heavy atom. The molecule has 4 aromatic rings. The Labute approximate surface area is 207 Å². The maximum atomic E-state index is 14.2. The fourth-order valence-corrected chi connectivity index (χ4v) is 3.80. The molecule has 0 radical (unpaired) electrons. The highest BCUT2D eigenvalue weighted by atomic mass is 19.1. The quantitative estimate of drug-likeness (QED) is 0.358.